The molecule has 0 bridgehead atoms. The van der Waals surface area contributed by atoms with E-state index in [0.717, 1.165) is 18.4 Å². The highest BCUT2D eigenvalue weighted by molar-refractivity contribution is 5.80. The first-order valence-electron chi connectivity index (χ1n) is 9.94. The Kier molecular flexibility index (Phi) is 5.29. The first-order valence-corrected chi connectivity index (χ1v) is 9.94. The topological polar surface area (TPSA) is 90.0 Å². The van der Waals surface area contributed by atoms with Gasteiger partial charge in [-0.25, -0.2) is 0 Å². The van der Waals surface area contributed by atoms with Gasteiger partial charge in [-0.1, -0.05) is 41.9 Å². The number of carbonyl (C=O) groups is 1. The Balaban J connectivity index is 1.53. The molecule has 0 unspecified atom stereocenters. The SMILES string of the molecule is CC[C@@H](C(=O)NCc1ccc(C)cc1)n1cc(-c2nc(C3CC3)no2)ccc1=O. The van der Waals surface area contributed by atoms with Crippen LogP contribution in [0.3, 0.4) is 0 Å². The van der Waals surface area contributed by atoms with Crippen molar-refractivity contribution < 1.29 is 9.32 Å². The Morgan fingerprint density at radius 1 is 1.24 bits per heavy atom. The molecule has 1 N–H and O–H groups in total. The van der Waals surface area contributed by atoms with Crippen molar-refractivity contribution in [1.29, 1.82) is 0 Å². The van der Waals surface area contributed by atoms with E-state index in [-0.39, 0.29) is 11.5 Å². The van der Waals surface area contributed by atoms with E-state index in [0.29, 0.717) is 36.2 Å². The molecule has 150 valence electrons. The van der Waals surface area contributed by atoms with Crippen LogP contribution >= 0.6 is 0 Å². The molecule has 0 radical (unpaired) electrons. The van der Waals surface area contributed by atoms with Crippen LogP contribution in [0.2, 0.25) is 0 Å². The van der Waals surface area contributed by atoms with Gasteiger partial charge in [-0.15, -0.1) is 0 Å². The van der Waals surface area contributed by atoms with Crippen LogP contribution in [0.5, 0.6) is 0 Å². The van der Waals surface area contributed by atoms with E-state index >= 15 is 0 Å². The van der Waals surface area contributed by atoms with Gasteiger partial charge < -0.3 is 14.4 Å². The Bertz CT molecular complexity index is 1060. The maximum absolute atomic E-state index is 12.8. The molecule has 3 aromatic rings. The summed E-state index contributed by atoms with van der Waals surface area (Å²) < 4.78 is 6.80. The van der Waals surface area contributed by atoms with Gasteiger partial charge in [-0.2, -0.15) is 4.98 Å². The monoisotopic (exact) mass is 392 g/mol. The fraction of sp³-hybridized carbons (Fsp3) is 0.364. The van der Waals surface area contributed by atoms with Crippen LogP contribution < -0.4 is 10.9 Å². The van der Waals surface area contributed by atoms with E-state index < -0.39 is 6.04 Å². The Morgan fingerprint density at radius 3 is 2.69 bits per heavy atom. The van der Waals surface area contributed by atoms with Gasteiger partial charge in [0.2, 0.25) is 5.91 Å². The van der Waals surface area contributed by atoms with Gasteiger partial charge in [0.05, 0.1) is 5.56 Å². The van der Waals surface area contributed by atoms with Gasteiger partial charge in [-0.3, -0.25) is 9.59 Å². The molecule has 1 aromatic carbocycles. The molecule has 0 spiro atoms. The zero-order valence-corrected chi connectivity index (χ0v) is 16.6. The summed E-state index contributed by atoms with van der Waals surface area (Å²) in [7, 11) is 0. The summed E-state index contributed by atoms with van der Waals surface area (Å²) in [6.07, 6.45) is 4.28. The minimum absolute atomic E-state index is 0.198. The third-order valence-corrected chi connectivity index (χ3v) is 5.18. The molecule has 7 heteroatoms. The molecule has 0 saturated heterocycles. The number of aryl methyl sites for hydroxylation is 1. The van der Waals surface area contributed by atoms with Gasteiger partial charge in [0.25, 0.3) is 11.4 Å². The molecule has 29 heavy (non-hydrogen) atoms. The number of amides is 1. The van der Waals surface area contributed by atoms with Crippen molar-refractivity contribution >= 4 is 5.91 Å². The Morgan fingerprint density at radius 2 is 2.00 bits per heavy atom. The quantitative estimate of drug-likeness (QED) is 0.666. The van der Waals surface area contributed by atoms with Crippen molar-refractivity contribution in [3.63, 3.8) is 0 Å². The van der Waals surface area contributed by atoms with Crippen LogP contribution in [0.15, 0.2) is 51.9 Å². The zero-order valence-electron chi connectivity index (χ0n) is 16.6. The second-order valence-electron chi connectivity index (χ2n) is 7.52. The fourth-order valence-electron chi connectivity index (χ4n) is 3.25. The maximum Gasteiger partial charge on any atom is 0.259 e. The lowest BCUT2D eigenvalue weighted by Crippen LogP contribution is -2.36. The Hall–Kier alpha value is -3.22. The summed E-state index contributed by atoms with van der Waals surface area (Å²) in [5.74, 6) is 1.27. The highest BCUT2D eigenvalue weighted by atomic mass is 16.5. The second kappa shape index (κ2) is 8.03. The molecule has 1 saturated carbocycles. The van der Waals surface area contributed by atoms with Gasteiger partial charge in [0.15, 0.2) is 5.82 Å². The Labute approximate surface area is 168 Å². The van der Waals surface area contributed by atoms with Gasteiger partial charge in [0.1, 0.15) is 6.04 Å². The first kappa shape index (κ1) is 19.1. The van der Waals surface area contributed by atoms with E-state index in [1.54, 1.807) is 12.3 Å². The number of rotatable bonds is 7. The molecule has 0 aliphatic heterocycles. The van der Waals surface area contributed by atoms with Crippen molar-refractivity contribution in [2.75, 3.05) is 0 Å². The van der Waals surface area contributed by atoms with Crippen molar-refractivity contribution in [3.8, 4) is 11.5 Å². The van der Waals surface area contributed by atoms with Gasteiger partial charge in [0, 0.05) is 24.7 Å². The second-order valence-corrected chi connectivity index (χ2v) is 7.52. The molecule has 1 atom stereocenters. The summed E-state index contributed by atoms with van der Waals surface area (Å²) in [4.78, 5) is 29.7. The third kappa shape index (κ3) is 4.29. The van der Waals surface area contributed by atoms with E-state index in [9.17, 15) is 9.59 Å². The lowest BCUT2D eigenvalue weighted by atomic mass is 10.1. The molecule has 4 rings (SSSR count). The van der Waals surface area contributed by atoms with Gasteiger partial charge in [-0.05, 0) is 37.8 Å². The first-order chi connectivity index (χ1) is 14.0. The number of hydrogen-bond acceptors (Lipinski definition) is 5. The van der Waals surface area contributed by atoms with E-state index in [1.807, 2.05) is 38.1 Å². The minimum atomic E-state index is -0.612. The predicted molar refractivity (Wildman–Crippen MR) is 108 cm³/mol. The van der Waals surface area contributed by atoms with Crippen molar-refractivity contribution in [3.05, 3.63) is 69.9 Å². The van der Waals surface area contributed by atoms with E-state index in [1.165, 1.54) is 16.2 Å². The highest BCUT2D eigenvalue weighted by Gasteiger charge is 2.29. The number of carbonyl (C=O) groups excluding carboxylic acids is 1. The van der Waals surface area contributed by atoms with Crippen LogP contribution in [0, 0.1) is 6.92 Å². The van der Waals surface area contributed by atoms with Crippen molar-refractivity contribution in [1.82, 2.24) is 20.0 Å². The van der Waals surface area contributed by atoms with Crippen LogP contribution in [-0.2, 0) is 11.3 Å². The average Bonchev–Trinajstić information content (AvgIpc) is 3.46. The number of hydrogen-bond donors (Lipinski definition) is 1. The molecule has 2 heterocycles. The molecule has 1 aliphatic rings. The predicted octanol–water partition coefficient (Wildman–Crippen LogP) is 3.35. The van der Waals surface area contributed by atoms with Crippen molar-refractivity contribution in [2.24, 2.45) is 0 Å². The lowest BCUT2D eigenvalue weighted by molar-refractivity contribution is -0.124. The highest BCUT2D eigenvalue weighted by Crippen LogP contribution is 2.38. The lowest BCUT2D eigenvalue weighted by Gasteiger charge is -2.18. The number of aromatic nitrogens is 3. The molecule has 1 amide bonds. The number of nitrogens with zero attached hydrogens (tertiary/aromatic N) is 3. The van der Waals surface area contributed by atoms with Crippen LogP contribution in [0.4, 0.5) is 0 Å². The fourth-order valence-corrected chi connectivity index (χ4v) is 3.25. The van der Waals surface area contributed by atoms with Crippen LogP contribution in [0.1, 0.15) is 55.1 Å². The molecular formula is C22H24N4O3. The van der Waals surface area contributed by atoms with Crippen molar-refractivity contribution in [2.45, 2.75) is 51.6 Å². The summed E-state index contributed by atoms with van der Waals surface area (Å²) in [5.41, 5.74) is 2.57. The summed E-state index contributed by atoms with van der Waals surface area (Å²) in [6, 6.07) is 10.5. The normalized spacial score (nSPS) is 14.6. The molecule has 7 nitrogen and oxygen atoms in total. The van der Waals surface area contributed by atoms with Crippen LogP contribution in [-0.4, -0.2) is 20.6 Å². The maximum atomic E-state index is 12.8. The van der Waals surface area contributed by atoms with E-state index in [4.69, 9.17) is 4.52 Å². The third-order valence-electron chi connectivity index (χ3n) is 5.18. The minimum Gasteiger partial charge on any atom is -0.350 e. The number of pyridine rings is 1. The smallest absolute Gasteiger partial charge is 0.259 e. The number of benzene rings is 1. The summed E-state index contributed by atoms with van der Waals surface area (Å²) >= 11 is 0. The molecule has 1 fully saturated rings. The number of nitrogens with one attached hydrogen (secondary N) is 1. The summed E-state index contributed by atoms with van der Waals surface area (Å²) in [6.45, 7) is 4.32. The largest absolute Gasteiger partial charge is 0.350 e. The average molecular weight is 392 g/mol. The van der Waals surface area contributed by atoms with Crippen LogP contribution in [0.25, 0.3) is 11.5 Å². The zero-order chi connectivity index (χ0) is 20.4. The molecular weight excluding hydrogens is 368 g/mol. The summed E-state index contributed by atoms with van der Waals surface area (Å²) in [5, 5.41) is 6.95. The van der Waals surface area contributed by atoms with E-state index in [2.05, 4.69) is 15.5 Å². The molecule has 1 aliphatic carbocycles. The van der Waals surface area contributed by atoms with Gasteiger partial charge >= 0.3 is 0 Å². The molecule has 2 aromatic heterocycles. The standard InChI is InChI=1S/C22H24N4O3/c1-3-18(21(28)23-12-15-6-4-14(2)5-7-15)26-13-17(10-11-19(26)27)22-24-20(25-29-22)16-8-9-16/h4-7,10-11,13,16,18H,3,8-9,12H2,1-2H3,(H,23,28)/t18-/m0/s1.